The SMILES string of the molecule is CCCNC(CC)(COC)c1nc(C(C)(C)C)cs1. The lowest BCUT2D eigenvalue weighted by molar-refractivity contribution is 0.104. The first kappa shape index (κ1) is 16.6. The third-order valence-electron chi connectivity index (χ3n) is 3.39. The molecule has 0 radical (unpaired) electrons. The van der Waals surface area contributed by atoms with E-state index in [1.54, 1.807) is 18.4 Å². The predicted octanol–water partition coefficient (Wildman–Crippen LogP) is 3.69. The van der Waals surface area contributed by atoms with E-state index in [4.69, 9.17) is 9.72 Å². The van der Waals surface area contributed by atoms with Gasteiger partial charge in [0.25, 0.3) is 0 Å². The second kappa shape index (κ2) is 6.82. The van der Waals surface area contributed by atoms with Crippen molar-refractivity contribution in [3.8, 4) is 0 Å². The van der Waals surface area contributed by atoms with E-state index >= 15 is 0 Å². The van der Waals surface area contributed by atoms with E-state index in [0.717, 1.165) is 24.4 Å². The lowest BCUT2D eigenvalue weighted by atomic mass is 9.92. The van der Waals surface area contributed by atoms with E-state index < -0.39 is 0 Å². The largest absolute Gasteiger partial charge is 0.382 e. The Morgan fingerprint density at radius 3 is 2.42 bits per heavy atom. The molecular formula is C15H28N2OS. The molecular weight excluding hydrogens is 256 g/mol. The summed E-state index contributed by atoms with van der Waals surface area (Å²) in [5.41, 5.74) is 1.13. The highest BCUT2D eigenvalue weighted by molar-refractivity contribution is 7.09. The third-order valence-corrected chi connectivity index (χ3v) is 4.44. The van der Waals surface area contributed by atoms with E-state index in [1.165, 1.54) is 5.69 Å². The van der Waals surface area contributed by atoms with Crippen molar-refractivity contribution in [3.05, 3.63) is 16.1 Å². The van der Waals surface area contributed by atoms with Gasteiger partial charge in [0.05, 0.1) is 17.8 Å². The number of methoxy groups -OCH3 is 1. The number of thiazole rings is 1. The fraction of sp³-hybridized carbons (Fsp3) is 0.800. The van der Waals surface area contributed by atoms with Crippen molar-refractivity contribution in [1.82, 2.24) is 10.3 Å². The first-order chi connectivity index (χ1) is 8.89. The van der Waals surface area contributed by atoms with E-state index in [0.29, 0.717) is 6.61 Å². The summed E-state index contributed by atoms with van der Waals surface area (Å²) in [5.74, 6) is 0. The summed E-state index contributed by atoms with van der Waals surface area (Å²) in [6.07, 6.45) is 2.10. The van der Waals surface area contributed by atoms with E-state index in [-0.39, 0.29) is 11.0 Å². The smallest absolute Gasteiger partial charge is 0.115 e. The Hall–Kier alpha value is -0.450. The molecule has 1 aromatic heterocycles. The molecule has 19 heavy (non-hydrogen) atoms. The zero-order valence-corrected chi connectivity index (χ0v) is 14.0. The minimum absolute atomic E-state index is 0.103. The minimum Gasteiger partial charge on any atom is -0.382 e. The van der Waals surface area contributed by atoms with Crippen LogP contribution in [0.15, 0.2) is 5.38 Å². The molecule has 1 unspecified atom stereocenters. The van der Waals surface area contributed by atoms with Crippen LogP contribution in [0.2, 0.25) is 0 Å². The first-order valence-corrected chi connectivity index (χ1v) is 7.98. The molecule has 3 nitrogen and oxygen atoms in total. The number of aromatic nitrogens is 1. The van der Waals surface area contributed by atoms with Gasteiger partial charge < -0.3 is 10.1 Å². The first-order valence-electron chi connectivity index (χ1n) is 7.10. The van der Waals surface area contributed by atoms with Gasteiger partial charge in [-0.1, -0.05) is 34.6 Å². The van der Waals surface area contributed by atoms with Gasteiger partial charge in [0, 0.05) is 17.9 Å². The van der Waals surface area contributed by atoms with Crippen molar-refractivity contribution in [2.24, 2.45) is 0 Å². The lowest BCUT2D eigenvalue weighted by Crippen LogP contribution is -2.46. The van der Waals surface area contributed by atoms with Crippen LogP contribution in [0.3, 0.4) is 0 Å². The van der Waals surface area contributed by atoms with Crippen molar-refractivity contribution < 1.29 is 4.74 Å². The maximum absolute atomic E-state index is 5.45. The Labute approximate surface area is 121 Å². The Bertz CT molecular complexity index is 384. The number of hydrogen-bond acceptors (Lipinski definition) is 4. The summed E-state index contributed by atoms with van der Waals surface area (Å²) < 4.78 is 5.45. The fourth-order valence-electron chi connectivity index (χ4n) is 2.02. The molecule has 110 valence electrons. The molecule has 1 N–H and O–H groups in total. The normalized spacial score (nSPS) is 15.5. The summed E-state index contributed by atoms with van der Waals surface area (Å²) in [5, 5.41) is 6.97. The van der Waals surface area contributed by atoms with Gasteiger partial charge in [0.1, 0.15) is 5.01 Å². The molecule has 0 amide bonds. The van der Waals surface area contributed by atoms with Gasteiger partial charge in [0.2, 0.25) is 0 Å². The average molecular weight is 284 g/mol. The molecule has 0 spiro atoms. The maximum atomic E-state index is 5.45. The molecule has 1 rings (SSSR count). The van der Waals surface area contributed by atoms with Crippen LogP contribution < -0.4 is 5.32 Å². The summed E-state index contributed by atoms with van der Waals surface area (Å²) in [7, 11) is 1.76. The van der Waals surface area contributed by atoms with Crippen molar-refractivity contribution in [2.75, 3.05) is 20.3 Å². The Morgan fingerprint density at radius 1 is 1.32 bits per heavy atom. The molecule has 0 aromatic carbocycles. The van der Waals surface area contributed by atoms with Gasteiger partial charge in [0.15, 0.2) is 0 Å². The van der Waals surface area contributed by atoms with Crippen LogP contribution in [-0.2, 0) is 15.7 Å². The minimum atomic E-state index is -0.140. The molecule has 0 saturated heterocycles. The van der Waals surface area contributed by atoms with Crippen molar-refractivity contribution >= 4 is 11.3 Å². The molecule has 1 atom stereocenters. The number of hydrogen-bond donors (Lipinski definition) is 1. The van der Waals surface area contributed by atoms with Crippen LogP contribution in [-0.4, -0.2) is 25.2 Å². The topological polar surface area (TPSA) is 34.1 Å². The van der Waals surface area contributed by atoms with Crippen molar-refractivity contribution in [3.63, 3.8) is 0 Å². The maximum Gasteiger partial charge on any atom is 0.115 e. The van der Waals surface area contributed by atoms with Gasteiger partial charge >= 0.3 is 0 Å². The zero-order valence-electron chi connectivity index (χ0n) is 13.2. The van der Waals surface area contributed by atoms with Crippen molar-refractivity contribution in [1.29, 1.82) is 0 Å². The lowest BCUT2D eigenvalue weighted by Gasteiger charge is -2.31. The third kappa shape index (κ3) is 4.01. The van der Waals surface area contributed by atoms with Gasteiger partial charge in [-0.25, -0.2) is 4.98 Å². The highest BCUT2D eigenvalue weighted by atomic mass is 32.1. The molecule has 0 saturated carbocycles. The number of rotatable bonds is 7. The number of nitrogens with zero attached hydrogens (tertiary/aromatic N) is 1. The Morgan fingerprint density at radius 2 is 2.00 bits per heavy atom. The molecule has 1 heterocycles. The molecule has 0 fully saturated rings. The van der Waals surface area contributed by atoms with E-state index in [9.17, 15) is 0 Å². The summed E-state index contributed by atoms with van der Waals surface area (Å²) in [6.45, 7) is 12.6. The molecule has 0 aliphatic rings. The van der Waals surface area contributed by atoms with Gasteiger partial charge in [-0.3, -0.25) is 0 Å². The number of ether oxygens (including phenoxy) is 1. The second-order valence-corrected chi connectivity index (χ2v) is 6.94. The van der Waals surface area contributed by atoms with Gasteiger partial charge in [-0.2, -0.15) is 0 Å². The summed E-state index contributed by atoms with van der Waals surface area (Å²) >= 11 is 1.74. The van der Waals surface area contributed by atoms with Crippen LogP contribution in [0, 0.1) is 0 Å². The Balaban J connectivity index is 3.06. The highest BCUT2D eigenvalue weighted by Crippen LogP contribution is 2.32. The van der Waals surface area contributed by atoms with E-state index in [2.05, 4.69) is 45.3 Å². The second-order valence-electron chi connectivity index (χ2n) is 6.08. The standard InChI is InChI=1S/C15H28N2OS/c1-7-9-16-15(8-2,11-18-6)13-17-12(10-19-13)14(3,4)5/h10,16H,7-9,11H2,1-6H3. The molecule has 0 aliphatic carbocycles. The monoisotopic (exact) mass is 284 g/mol. The van der Waals surface area contributed by atoms with E-state index in [1.807, 2.05) is 0 Å². The van der Waals surface area contributed by atoms with Crippen molar-refractivity contribution in [2.45, 2.75) is 58.4 Å². The zero-order chi connectivity index (χ0) is 14.5. The van der Waals surface area contributed by atoms with Crippen LogP contribution in [0.5, 0.6) is 0 Å². The number of nitrogens with one attached hydrogen (secondary N) is 1. The average Bonchev–Trinajstić information content (AvgIpc) is 2.84. The van der Waals surface area contributed by atoms with Crippen LogP contribution in [0.1, 0.15) is 58.2 Å². The van der Waals surface area contributed by atoms with Crippen LogP contribution in [0.4, 0.5) is 0 Å². The quantitative estimate of drug-likeness (QED) is 0.829. The van der Waals surface area contributed by atoms with Crippen LogP contribution in [0.25, 0.3) is 0 Å². The molecule has 4 heteroatoms. The van der Waals surface area contributed by atoms with Crippen LogP contribution >= 0.6 is 11.3 Å². The molecule has 0 bridgehead atoms. The molecule has 1 aromatic rings. The highest BCUT2D eigenvalue weighted by Gasteiger charge is 2.34. The van der Waals surface area contributed by atoms with Gasteiger partial charge in [-0.15, -0.1) is 11.3 Å². The van der Waals surface area contributed by atoms with Gasteiger partial charge in [-0.05, 0) is 19.4 Å². The fourth-order valence-corrected chi connectivity index (χ4v) is 3.30. The predicted molar refractivity (Wildman–Crippen MR) is 83.0 cm³/mol. The summed E-state index contributed by atoms with van der Waals surface area (Å²) in [4.78, 5) is 4.87. The molecule has 0 aliphatic heterocycles. The Kier molecular flexibility index (Phi) is 5.96. The summed E-state index contributed by atoms with van der Waals surface area (Å²) in [6, 6.07) is 0.